The van der Waals surface area contributed by atoms with Gasteiger partial charge in [0.05, 0.1) is 30.4 Å². The molecule has 0 saturated heterocycles. The lowest BCUT2D eigenvalue weighted by Gasteiger charge is -2.10. The summed E-state index contributed by atoms with van der Waals surface area (Å²) in [6.07, 6.45) is 1.41. The molecule has 0 bridgehead atoms. The molecule has 0 heterocycles. The maximum Gasteiger partial charge on any atom is 0.343 e. The zero-order chi connectivity index (χ0) is 30.1. The molecule has 0 atom stereocenters. The number of methoxy groups -OCH3 is 1. The van der Waals surface area contributed by atoms with Crippen LogP contribution >= 0.6 is 0 Å². The highest BCUT2D eigenvalue weighted by Gasteiger charge is 2.15. The lowest BCUT2D eigenvalue weighted by molar-refractivity contribution is 0.0729. The van der Waals surface area contributed by atoms with E-state index in [2.05, 4.69) is 15.2 Å². The number of hydrogen-bond acceptors (Lipinski definition) is 8. The van der Waals surface area contributed by atoms with Gasteiger partial charge in [0.1, 0.15) is 5.75 Å². The lowest BCUT2D eigenvalue weighted by Crippen LogP contribution is -2.18. The van der Waals surface area contributed by atoms with Crippen LogP contribution in [0.25, 0.3) is 0 Å². The number of hydrogen-bond donors (Lipinski definition) is 2. The van der Waals surface area contributed by atoms with Crippen molar-refractivity contribution < 1.29 is 32.2 Å². The summed E-state index contributed by atoms with van der Waals surface area (Å²) in [7, 11) is -2.32. The molecule has 0 aliphatic rings. The molecule has 0 aromatic heterocycles. The van der Waals surface area contributed by atoms with E-state index in [1.165, 1.54) is 49.7 Å². The van der Waals surface area contributed by atoms with E-state index in [4.69, 9.17) is 14.2 Å². The minimum absolute atomic E-state index is 0.139. The molecule has 1 amide bonds. The third-order valence-electron chi connectivity index (χ3n) is 5.90. The minimum atomic E-state index is -3.76. The Kier molecular flexibility index (Phi) is 9.56. The van der Waals surface area contributed by atoms with Crippen molar-refractivity contribution in [3.05, 3.63) is 113 Å². The molecule has 0 unspecified atom stereocenters. The number of carbonyl (C=O) groups excluding carboxylic acids is 2. The van der Waals surface area contributed by atoms with Gasteiger partial charge in [0.25, 0.3) is 15.9 Å². The van der Waals surface area contributed by atoms with E-state index in [-0.39, 0.29) is 16.2 Å². The van der Waals surface area contributed by atoms with Gasteiger partial charge in [-0.3, -0.25) is 9.52 Å². The molecule has 4 aromatic rings. The fourth-order valence-corrected chi connectivity index (χ4v) is 4.77. The number of nitrogens with zero attached hydrogens (tertiary/aromatic N) is 1. The minimum Gasteiger partial charge on any atom is -0.494 e. The first kappa shape index (κ1) is 29.8. The molecule has 0 aliphatic carbocycles. The Morgan fingerprint density at radius 3 is 2.17 bits per heavy atom. The molecular weight excluding hydrogens is 558 g/mol. The summed E-state index contributed by atoms with van der Waals surface area (Å²) in [4.78, 5) is 25.2. The van der Waals surface area contributed by atoms with E-state index in [1.807, 2.05) is 13.8 Å². The molecule has 216 valence electrons. The van der Waals surface area contributed by atoms with Gasteiger partial charge < -0.3 is 14.2 Å². The molecule has 0 aliphatic heterocycles. The molecule has 0 spiro atoms. The van der Waals surface area contributed by atoms with Gasteiger partial charge in [-0.1, -0.05) is 17.7 Å². The van der Waals surface area contributed by atoms with Crippen molar-refractivity contribution in [1.82, 2.24) is 5.43 Å². The van der Waals surface area contributed by atoms with Crippen molar-refractivity contribution in [2.45, 2.75) is 18.7 Å². The first-order chi connectivity index (χ1) is 20.2. The predicted octanol–water partition coefficient (Wildman–Crippen LogP) is 5.19. The van der Waals surface area contributed by atoms with Gasteiger partial charge in [0.15, 0.2) is 11.5 Å². The van der Waals surface area contributed by atoms with Gasteiger partial charge >= 0.3 is 5.97 Å². The smallest absolute Gasteiger partial charge is 0.343 e. The van der Waals surface area contributed by atoms with Crippen LogP contribution in [-0.2, 0) is 10.0 Å². The fraction of sp³-hybridized carbons (Fsp3) is 0.129. The number of rotatable bonds is 11. The summed E-state index contributed by atoms with van der Waals surface area (Å²) < 4.78 is 43.9. The van der Waals surface area contributed by atoms with Crippen LogP contribution in [0, 0.1) is 6.92 Å². The topological polar surface area (TPSA) is 132 Å². The van der Waals surface area contributed by atoms with Crippen LogP contribution in [0.15, 0.2) is 101 Å². The van der Waals surface area contributed by atoms with Gasteiger partial charge in [0.2, 0.25) is 0 Å². The van der Waals surface area contributed by atoms with E-state index in [9.17, 15) is 18.0 Å². The van der Waals surface area contributed by atoms with Crippen molar-refractivity contribution in [1.29, 1.82) is 0 Å². The lowest BCUT2D eigenvalue weighted by atomic mass is 10.2. The van der Waals surface area contributed by atoms with Gasteiger partial charge in [-0.25, -0.2) is 18.6 Å². The van der Waals surface area contributed by atoms with Crippen molar-refractivity contribution in [3.8, 4) is 17.2 Å². The monoisotopic (exact) mass is 587 g/mol. The number of hydrazone groups is 1. The van der Waals surface area contributed by atoms with E-state index in [1.54, 1.807) is 54.6 Å². The second-order valence-electron chi connectivity index (χ2n) is 8.95. The quantitative estimate of drug-likeness (QED) is 0.107. The standard InChI is InChI=1S/C31H29N3O7S/c1-4-40-26-14-10-24(11-15-26)31(36)41-28-18-7-22(19-29(28)39-3)20-32-33-30(35)23-8-12-25(13-9-23)34-42(37,38)27-16-5-21(2)6-17-27/h5-20,34H,4H2,1-3H3,(H,33,35). The molecule has 0 fully saturated rings. The normalized spacial score (nSPS) is 11.1. The number of anilines is 1. The molecule has 0 radical (unpaired) electrons. The molecule has 4 aromatic carbocycles. The van der Waals surface area contributed by atoms with Crippen LogP contribution in [0.5, 0.6) is 17.2 Å². The van der Waals surface area contributed by atoms with Crippen LogP contribution in [-0.4, -0.2) is 40.2 Å². The molecule has 11 heteroatoms. The number of ether oxygens (including phenoxy) is 3. The molecule has 2 N–H and O–H groups in total. The second-order valence-corrected chi connectivity index (χ2v) is 10.6. The Morgan fingerprint density at radius 1 is 0.857 bits per heavy atom. The summed E-state index contributed by atoms with van der Waals surface area (Å²) in [6.45, 7) is 4.27. The zero-order valence-corrected chi connectivity index (χ0v) is 24.0. The number of aryl methyl sites for hydroxylation is 1. The molecular formula is C31H29N3O7S. The summed E-state index contributed by atoms with van der Waals surface area (Å²) in [5.74, 6) is 0.121. The molecule has 4 rings (SSSR count). The van der Waals surface area contributed by atoms with Crippen LogP contribution in [0.1, 0.15) is 38.8 Å². The fourth-order valence-electron chi connectivity index (χ4n) is 3.71. The average molecular weight is 588 g/mol. The third kappa shape index (κ3) is 7.73. The number of nitrogens with one attached hydrogen (secondary N) is 2. The highest BCUT2D eigenvalue weighted by Crippen LogP contribution is 2.28. The maximum absolute atomic E-state index is 12.6. The van der Waals surface area contributed by atoms with E-state index < -0.39 is 21.9 Å². The highest BCUT2D eigenvalue weighted by molar-refractivity contribution is 7.92. The molecule has 10 nitrogen and oxygen atoms in total. The molecule has 0 saturated carbocycles. The summed E-state index contributed by atoms with van der Waals surface area (Å²) in [5.41, 5.74) is 4.89. The first-order valence-corrected chi connectivity index (χ1v) is 14.3. The number of esters is 1. The largest absolute Gasteiger partial charge is 0.494 e. The van der Waals surface area contributed by atoms with Crippen molar-refractivity contribution >= 4 is 33.8 Å². The second kappa shape index (κ2) is 13.5. The van der Waals surface area contributed by atoms with E-state index in [0.29, 0.717) is 34.9 Å². The summed E-state index contributed by atoms with van der Waals surface area (Å²) in [5, 5.41) is 3.97. The Bertz CT molecular complexity index is 1680. The first-order valence-electron chi connectivity index (χ1n) is 12.8. The van der Waals surface area contributed by atoms with Gasteiger partial charge in [-0.15, -0.1) is 0 Å². The number of amides is 1. The maximum atomic E-state index is 12.6. The van der Waals surface area contributed by atoms with Crippen LogP contribution in [0.3, 0.4) is 0 Å². The van der Waals surface area contributed by atoms with Crippen molar-refractivity contribution in [2.75, 3.05) is 18.4 Å². The third-order valence-corrected chi connectivity index (χ3v) is 7.30. The zero-order valence-electron chi connectivity index (χ0n) is 23.2. The Balaban J connectivity index is 1.34. The Labute approximate surface area is 244 Å². The molecule has 42 heavy (non-hydrogen) atoms. The summed E-state index contributed by atoms with van der Waals surface area (Å²) in [6, 6.07) is 23.8. The number of sulfonamides is 1. The highest BCUT2D eigenvalue weighted by atomic mass is 32.2. The number of carbonyl (C=O) groups is 2. The SMILES string of the molecule is CCOc1ccc(C(=O)Oc2ccc(C=NNC(=O)c3ccc(NS(=O)(=O)c4ccc(C)cc4)cc3)cc2OC)cc1. The predicted molar refractivity (Wildman–Crippen MR) is 159 cm³/mol. The van der Waals surface area contributed by atoms with Gasteiger partial charge in [-0.2, -0.15) is 5.10 Å². The van der Waals surface area contributed by atoms with Gasteiger partial charge in [-0.05, 0) is 98.3 Å². The van der Waals surface area contributed by atoms with Crippen LogP contribution < -0.4 is 24.4 Å². The number of benzene rings is 4. The van der Waals surface area contributed by atoms with E-state index >= 15 is 0 Å². The van der Waals surface area contributed by atoms with Gasteiger partial charge in [0, 0.05) is 11.3 Å². The van der Waals surface area contributed by atoms with Crippen molar-refractivity contribution in [3.63, 3.8) is 0 Å². The van der Waals surface area contributed by atoms with E-state index in [0.717, 1.165) is 5.56 Å². The van der Waals surface area contributed by atoms with Crippen molar-refractivity contribution in [2.24, 2.45) is 5.10 Å². The average Bonchev–Trinajstić information content (AvgIpc) is 2.98. The Hall–Kier alpha value is -5.16. The summed E-state index contributed by atoms with van der Waals surface area (Å²) >= 11 is 0. The van der Waals surface area contributed by atoms with Crippen LogP contribution in [0.2, 0.25) is 0 Å². The van der Waals surface area contributed by atoms with Crippen LogP contribution in [0.4, 0.5) is 5.69 Å². The Morgan fingerprint density at radius 2 is 1.52 bits per heavy atom.